The van der Waals surface area contributed by atoms with Crippen molar-refractivity contribution in [2.75, 3.05) is 23.4 Å². The minimum Gasteiger partial charge on any atom is -0.387 e. The average Bonchev–Trinajstić information content (AvgIpc) is 2.79. The molecule has 19 heavy (non-hydrogen) atoms. The Kier molecular flexibility index (Phi) is 4.37. The van der Waals surface area contributed by atoms with E-state index in [1.165, 1.54) is 0 Å². The van der Waals surface area contributed by atoms with E-state index in [9.17, 15) is 9.90 Å². The van der Waals surface area contributed by atoms with Crippen LogP contribution in [-0.4, -0.2) is 34.8 Å². The second-order valence-corrected chi connectivity index (χ2v) is 6.26. The molecule has 1 atom stereocenters. The zero-order chi connectivity index (χ0) is 13.9. The van der Waals surface area contributed by atoms with Gasteiger partial charge in [-0.25, -0.2) is 4.79 Å². The molecular weight excluding hydrogens is 260 g/mol. The number of rotatable bonds is 3. The highest BCUT2D eigenvalue weighted by Crippen LogP contribution is 2.27. The number of benzene rings is 1. The molecule has 0 aromatic heterocycles. The van der Waals surface area contributed by atoms with Gasteiger partial charge >= 0.3 is 6.03 Å². The molecule has 1 aliphatic rings. The molecule has 1 heterocycles. The molecule has 0 spiro atoms. The van der Waals surface area contributed by atoms with Crippen LogP contribution in [0.3, 0.4) is 0 Å². The highest BCUT2D eigenvalue weighted by molar-refractivity contribution is 7.99. The average molecular weight is 280 g/mol. The summed E-state index contributed by atoms with van der Waals surface area (Å²) in [6.07, 6.45) is 0.738. The summed E-state index contributed by atoms with van der Waals surface area (Å²) in [5.41, 5.74) is 2.19. The quantitative estimate of drug-likeness (QED) is 0.796. The smallest absolute Gasteiger partial charge is 0.319 e. The van der Waals surface area contributed by atoms with Gasteiger partial charge in [-0.05, 0) is 43.2 Å². The molecule has 1 fully saturated rings. The number of hydrogen-bond acceptors (Lipinski definition) is 3. The molecule has 1 aromatic carbocycles. The van der Waals surface area contributed by atoms with Crippen molar-refractivity contribution < 1.29 is 9.90 Å². The van der Waals surface area contributed by atoms with Crippen LogP contribution in [0.25, 0.3) is 0 Å². The molecular formula is C14H20N2O2S. The lowest BCUT2D eigenvalue weighted by atomic mass is 10.0. The van der Waals surface area contributed by atoms with Gasteiger partial charge in [0.05, 0.1) is 5.60 Å². The van der Waals surface area contributed by atoms with Gasteiger partial charge in [-0.1, -0.05) is 12.1 Å². The van der Waals surface area contributed by atoms with E-state index in [1.54, 1.807) is 11.8 Å². The number of thioether (sulfide) groups is 1. The number of amides is 2. The normalized spacial score (nSPS) is 22.3. The first-order valence-electron chi connectivity index (χ1n) is 6.41. The van der Waals surface area contributed by atoms with Crippen LogP contribution < -0.4 is 10.6 Å². The molecule has 4 nitrogen and oxygen atoms in total. The molecule has 2 rings (SSSR count). The summed E-state index contributed by atoms with van der Waals surface area (Å²) in [5, 5.41) is 15.7. The predicted molar refractivity (Wildman–Crippen MR) is 79.8 cm³/mol. The summed E-state index contributed by atoms with van der Waals surface area (Å²) in [4.78, 5) is 11.8. The molecule has 0 bridgehead atoms. The summed E-state index contributed by atoms with van der Waals surface area (Å²) in [5.74, 6) is 1.65. The lowest BCUT2D eigenvalue weighted by Gasteiger charge is -2.21. The summed E-state index contributed by atoms with van der Waals surface area (Å²) in [6, 6.07) is 5.66. The summed E-state index contributed by atoms with van der Waals surface area (Å²) >= 11 is 1.72. The van der Waals surface area contributed by atoms with Crippen molar-refractivity contribution in [2.45, 2.75) is 25.9 Å². The molecule has 1 unspecified atom stereocenters. The lowest BCUT2D eigenvalue weighted by Crippen LogP contribution is -2.44. The first-order chi connectivity index (χ1) is 8.98. The molecule has 2 amide bonds. The number of nitrogens with one attached hydrogen (secondary N) is 2. The van der Waals surface area contributed by atoms with Crippen LogP contribution in [0.4, 0.5) is 10.5 Å². The van der Waals surface area contributed by atoms with Gasteiger partial charge in [-0.15, -0.1) is 0 Å². The second-order valence-electron chi connectivity index (χ2n) is 5.15. The topological polar surface area (TPSA) is 61.4 Å². The maximum Gasteiger partial charge on any atom is 0.319 e. The fourth-order valence-electron chi connectivity index (χ4n) is 2.02. The zero-order valence-electron chi connectivity index (χ0n) is 11.3. The minimum atomic E-state index is -0.746. The van der Waals surface area contributed by atoms with Crippen LogP contribution >= 0.6 is 11.8 Å². The Bertz CT molecular complexity index is 471. The molecule has 0 saturated carbocycles. The van der Waals surface area contributed by atoms with Gasteiger partial charge in [0.1, 0.15) is 0 Å². The summed E-state index contributed by atoms with van der Waals surface area (Å²) < 4.78 is 0. The number of anilines is 1. The fourth-order valence-corrected chi connectivity index (χ4v) is 3.31. The lowest BCUT2D eigenvalue weighted by molar-refractivity contribution is 0.0706. The van der Waals surface area contributed by atoms with Gasteiger partial charge in [0.15, 0.2) is 0 Å². The molecule has 0 radical (unpaired) electrons. The van der Waals surface area contributed by atoms with Crippen LogP contribution in [-0.2, 0) is 0 Å². The van der Waals surface area contributed by atoms with Crippen molar-refractivity contribution >= 4 is 23.5 Å². The number of carbonyl (C=O) groups is 1. The zero-order valence-corrected chi connectivity index (χ0v) is 12.1. The van der Waals surface area contributed by atoms with Gasteiger partial charge in [0.2, 0.25) is 0 Å². The van der Waals surface area contributed by atoms with Crippen molar-refractivity contribution in [3.05, 3.63) is 29.3 Å². The van der Waals surface area contributed by atoms with E-state index in [0.717, 1.165) is 29.0 Å². The Balaban J connectivity index is 1.89. The SMILES string of the molecule is Cc1ccc(C)c(NC(=O)NCC2(O)CCSC2)c1. The van der Waals surface area contributed by atoms with Crippen molar-refractivity contribution in [1.29, 1.82) is 0 Å². The van der Waals surface area contributed by atoms with Crippen LogP contribution in [0.5, 0.6) is 0 Å². The van der Waals surface area contributed by atoms with E-state index in [-0.39, 0.29) is 6.03 Å². The summed E-state index contributed by atoms with van der Waals surface area (Å²) in [6.45, 7) is 4.24. The first-order valence-corrected chi connectivity index (χ1v) is 7.56. The Morgan fingerprint density at radius 2 is 2.26 bits per heavy atom. The molecule has 1 aliphatic heterocycles. The predicted octanol–water partition coefficient (Wildman–Crippen LogP) is 2.29. The Morgan fingerprint density at radius 1 is 1.47 bits per heavy atom. The van der Waals surface area contributed by atoms with Crippen molar-refractivity contribution in [2.24, 2.45) is 0 Å². The maximum absolute atomic E-state index is 11.8. The third kappa shape index (κ3) is 3.88. The monoisotopic (exact) mass is 280 g/mol. The summed E-state index contributed by atoms with van der Waals surface area (Å²) in [7, 11) is 0. The van der Waals surface area contributed by atoms with Gasteiger partial charge in [0, 0.05) is 18.0 Å². The molecule has 104 valence electrons. The molecule has 3 N–H and O–H groups in total. The van der Waals surface area contributed by atoms with E-state index in [4.69, 9.17) is 0 Å². The van der Waals surface area contributed by atoms with Crippen LogP contribution in [0.15, 0.2) is 18.2 Å². The third-order valence-electron chi connectivity index (χ3n) is 3.30. The minimum absolute atomic E-state index is 0.265. The third-order valence-corrected chi connectivity index (χ3v) is 4.54. The Hall–Kier alpha value is -1.20. The van der Waals surface area contributed by atoms with Gasteiger partial charge < -0.3 is 15.7 Å². The van der Waals surface area contributed by atoms with Crippen LogP contribution in [0.1, 0.15) is 17.5 Å². The van der Waals surface area contributed by atoms with E-state index >= 15 is 0 Å². The molecule has 5 heteroatoms. The molecule has 1 saturated heterocycles. The van der Waals surface area contributed by atoms with Gasteiger partial charge in [0.25, 0.3) is 0 Å². The van der Waals surface area contributed by atoms with Crippen LogP contribution in [0.2, 0.25) is 0 Å². The first kappa shape index (κ1) is 14.2. The highest BCUT2D eigenvalue weighted by Gasteiger charge is 2.31. The van der Waals surface area contributed by atoms with Gasteiger partial charge in [-0.3, -0.25) is 0 Å². The van der Waals surface area contributed by atoms with E-state index in [2.05, 4.69) is 10.6 Å². The maximum atomic E-state index is 11.8. The van der Waals surface area contributed by atoms with Crippen molar-refractivity contribution in [3.63, 3.8) is 0 Å². The number of carbonyl (C=O) groups excluding carboxylic acids is 1. The van der Waals surface area contributed by atoms with E-state index in [0.29, 0.717) is 12.3 Å². The molecule has 0 aliphatic carbocycles. The number of urea groups is 1. The standard InChI is InChI=1S/C14H20N2O2S/c1-10-3-4-11(2)12(7-10)16-13(17)15-8-14(18)5-6-19-9-14/h3-4,7,18H,5-6,8-9H2,1-2H3,(H2,15,16,17). The van der Waals surface area contributed by atoms with E-state index in [1.807, 2.05) is 32.0 Å². The second kappa shape index (κ2) is 5.84. The largest absolute Gasteiger partial charge is 0.387 e. The highest BCUT2D eigenvalue weighted by atomic mass is 32.2. The van der Waals surface area contributed by atoms with Gasteiger partial charge in [-0.2, -0.15) is 11.8 Å². The van der Waals surface area contributed by atoms with Crippen molar-refractivity contribution in [3.8, 4) is 0 Å². The number of aryl methyl sites for hydroxylation is 2. The Labute approximate surface area is 118 Å². The number of hydrogen-bond donors (Lipinski definition) is 3. The Morgan fingerprint density at radius 3 is 2.95 bits per heavy atom. The van der Waals surface area contributed by atoms with Crippen molar-refractivity contribution in [1.82, 2.24) is 5.32 Å². The number of aliphatic hydroxyl groups is 1. The molecule has 1 aromatic rings. The van der Waals surface area contributed by atoms with E-state index < -0.39 is 5.60 Å². The van der Waals surface area contributed by atoms with Crippen LogP contribution in [0, 0.1) is 13.8 Å². The fraction of sp³-hybridized carbons (Fsp3) is 0.500.